The molecule has 0 spiro atoms. The van der Waals surface area contributed by atoms with Gasteiger partial charge in [0.1, 0.15) is 0 Å². The lowest BCUT2D eigenvalue weighted by molar-refractivity contribution is 1.05. The summed E-state index contributed by atoms with van der Waals surface area (Å²) >= 11 is 2.30. The number of halogens is 1. The highest BCUT2D eigenvalue weighted by Crippen LogP contribution is 2.16. The van der Waals surface area contributed by atoms with Crippen molar-refractivity contribution in [3.05, 3.63) is 40.2 Å². The molecule has 3 nitrogen and oxygen atoms in total. The lowest BCUT2D eigenvalue weighted by Crippen LogP contribution is -2.00. The minimum absolute atomic E-state index is 0.854. The van der Waals surface area contributed by atoms with Crippen LogP contribution in [0.25, 0.3) is 5.69 Å². The topological polar surface area (TPSA) is 29.9 Å². The molecule has 2 aromatic rings. The zero-order chi connectivity index (χ0) is 9.97. The fourth-order valence-corrected chi connectivity index (χ4v) is 1.85. The van der Waals surface area contributed by atoms with Gasteiger partial charge >= 0.3 is 0 Å². The summed E-state index contributed by atoms with van der Waals surface area (Å²) in [6.45, 7) is 0. The van der Waals surface area contributed by atoms with E-state index in [9.17, 15) is 0 Å². The zero-order valence-corrected chi connectivity index (χ0v) is 9.89. The van der Waals surface area contributed by atoms with Gasteiger partial charge in [-0.25, -0.2) is 4.98 Å². The van der Waals surface area contributed by atoms with E-state index >= 15 is 0 Å². The minimum atomic E-state index is 0.854. The van der Waals surface area contributed by atoms with Crippen LogP contribution >= 0.6 is 22.6 Å². The molecule has 1 heterocycles. The van der Waals surface area contributed by atoms with E-state index in [1.807, 2.05) is 23.9 Å². The minimum Gasteiger partial charge on any atom is -0.358 e. The van der Waals surface area contributed by atoms with Gasteiger partial charge in [-0.05, 0) is 40.8 Å². The zero-order valence-electron chi connectivity index (χ0n) is 7.74. The number of aromatic nitrogens is 2. The molecule has 0 saturated heterocycles. The lowest BCUT2D eigenvalue weighted by Gasteiger charge is -2.06. The van der Waals surface area contributed by atoms with Crippen LogP contribution in [0.2, 0.25) is 0 Å². The standard InChI is InChI=1S/C10H10IN3/c1-12-10-13-5-6-14(10)9-4-2-3-8(11)7-9/h2-7H,1H3,(H,12,13). The SMILES string of the molecule is CNc1nccn1-c1cccc(I)c1. The van der Waals surface area contributed by atoms with E-state index in [1.165, 1.54) is 3.57 Å². The predicted molar refractivity (Wildman–Crippen MR) is 65.8 cm³/mol. The average molecular weight is 299 g/mol. The Labute approximate surface area is 96.3 Å². The largest absolute Gasteiger partial charge is 0.358 e. The normalized spacial score (nSPS) is 10.1. The van der Waals surface area contributed by atoms with Crippen molar-refractivity contribution >= 4 is 28.5 Å². The number of nitrogens with one attached hydrogen (secondary N) is 1. The summed E-state index contributed by atoms with van der Waals surface area (Å²) in [5.41, 5.74) is 1.12. The molecule has 0 saturated carbocycles. The quantitative estimate of drug-likeness (QED) is 0.864. The first-order chi connectivity index (χ1) is 6.81. The second kappa shape index (κ2) is 4.00. The van der Waals surface area contributed by atoms with Gasteiger partial charge in [-0.1, -0.05) is 6.07 Å². The Kier molecular flexibility index (Phi) is 2.72. The van der Waals surface area contributed by atoms with Gasteiger partial charge in [0.05, 0.1) is 0 Å². The van der Waals surface area contributed by atoms with E-state index in [2.05, 4.69) is 51.1 Å². The summed E-state index contributed by atoms with van der Waals surface area (Å²) in [5.74, 6) is 0.854. The lowest BCUT2D eigenvalue weighted by atomic mass is 10.3. The van der Waals surface area contributed by atoms with Crippen LogP contribution in [0.4, 0.5) is 5.95 Å². The molecule has 0 atom stereocenters. The first-order valence-corrected chi connectivity index (χ1v) is 5.36. The Morgan fingerprint density at radius 1 is 1.43 bits per heavy atom. The smallest absolute Gasteiger partial charge is 0.207 e. The van der Waals surface area contributed by atoms with E-state index in [1.54, 1.807) is 6.20 Å². The van der Waals surface area contributed by atoms with Crippen molar-refractivity contribution in [2.75, 3.05) is 12.4 Å². The third kappa shape index (κ3) is 1.75. The molecule has 0 radical (unpaired) electrons. The molecule has 2 rings (SSSR count). The van der Waals surface area contributed by atoms with E-state index < -0.39 is 0 Å². The number of anilines is 1. The molecule has 0 aliphatic rings. The molecule has 1 aromatic heterocycles. The fourth-order valence-electron chi connectivity index (χ4n) is 1.32. The highest BCUT2D eigenvalue weighted by molar-refractivity contribution is 14.1. The molecule has 72 valence electrons. The van der Waals surface area contributed by atoms with Gasteiger partial charge < -0.3 is 5.32 Å². The monoisotopic (exact) mass is 299 g/mol. The van der Waals surface area contributed by atoms with E-state index in [4.69, 9.17) is 0 Å². The van der Waals surface area contributed by atoms with Crippen molar-refractivity contribution in [3.8, 4) is 5.69 Å². The third-order valence-electron chi connectivity index (χ3n) is 1.95. The van der Waals surface area contributed by atoms with Crippen molar-refractivity contribution in [2.45, 2.75) is 0 Å². The van der Waals surface area contributed by atoms with Gasteiger partial charge in [0, 0.05) is 28.7 Å². The van der Waals surface area contributed by atoms with E-state index in [0.29, 0.717) is 0 Å². The first kappa shape index (κ1) is 9.51. The van der Waals surface area contributed by atoms with Crippen LogP contribution in [0.1, 0.15) is 0 Å². The van der Waals surface area contributed by atoms with E-state index in [-0.39, 0.29) is 0 Å². The maximum Gasteiger partial charge on any atom is 0.207 e. The highest BCUT2D eigenvalue weighted by Gasteiger charge is 2.02. The van der Waals surface area contributed by atoms with Crippen molar-refractivity contribution < 1.29 is 0 Å². The summed E-state index contributed by atoms with van der Waals surface area (Å²) in [4.78, 5) is 4.19. The second-order valence-corrected chi connectivity index (χ2v) is 4.10. The number of hydrogen-bond donors (Lipinski definition) is 1. The highest BCUT2D eigenvalue weighted by atomic mass is 127. The number of benzene rings is 1. The van der Waals surface area contributed by atoms with Gasteiger partial charge in [-0.3, -0.25) is 4.57 Å². The van der Waals surface area contributed by atoms with Gasteiger partial charge in [0.15, 0.2) is 0 Å². The van der Waals surface area contributed by atoms with Crippen LogP contribution < -0.4 is 5.32 Å². The number of imidazole rings is 1. The van der Waals surface area contributed by atoms with Crippen molar-refractivity contribution in [1.82, 2.24) is 9.55 Å². The van der Waals surface area contributed by atoms with Gasteiger partial charge in [0.2, 0.25) is 5.95 Å². The van der Waals surface area contributed by atoms with Crippen LogP contribution in [-0.4, -0.2) is 16.6 Å². The molecule has 0 bridgehead atoms. The second-order valence-electron chi connectivity index (χ2n) is 2.85. The van der Waals surface area contributed by atoms with Crippen molar-refractivity contribution in [2.24, 2.45) is 0 Å². The molecule has 0 amide bonds. The Morgan fingerprint density at radius 2 is 2.29 bits per heavy atom. The summed E-state index contributed by atoms with van der Waals surface area (Å²) in [7, 11) is 1.87. The molecule has 4 heteroatoms. The van der Waals surface area contributed by atoms with Crippen molar-refractivity contribution in [1.29, 1.82) is 0 Å². The Balaban J connectivity index is 2.49. The molecule has 1 aromatic carbocycles. The van der Waals surface area contributed by atoms with E-state index in [0.717, 1.165) is 11.6 Å². The molecule has 1 N–H and O–H groups in total. The van der Waals surface area contributed by atoms with Crippen LogP contribution in [-0.2, 0) is 0 Å². The van der Waals surface area contributed by atoms with Crippen molar-refractivity contribution in [3.63, 3.8) is 0 Å². The first-order valence-electron chi connectivity index (χ1n) is 4.28. The Hall–Kier alpha value is -1.04. The number of hydrogen-bond acceptors (Lipinski definition) is 2. The Morgan fingerprint density at radius 3 is 3.00 bits per heavy atom. The molecule has 0 fully saturated rings. The predicted octanol–water partition coefficient (Wildman–Crippen LogP) is 2.52. The molecular formula is C10H10IN3. The molecule has 0 aliphatic heterocycles. The summed E-state index contributed by atoms with van der Waals surface area (Å²) in [6, 6.07) is 8.28. The average Bonchev–Trinajstić information content (AvgIpc) is 2.65. The van der Waals surface area contributed by atoms with Crippen LogP contribution in [0.5, 0.6) is 0 Å². The summed E-state index contributed by atoms with van der Waals surface area (Å²) in [5, 5.41) is 3.04. The molecule has 14 heavy (non-hydrogen) atoms. The summed E-state index contributed by atoms with van der Waals surface area (Å²) in [6.07, 6.45) is 3.73. The maximum atomic E-state index is 4.19. The van der Waals surface area contributed by atoms with Crippen LogP contribution in [0.3, 0.4) is 0 Å². The molecule has 0 aliphatic carbocycles. The Bertz CT molecular complexity index is 436. The number of rotatable bonds is 2. The van der Waals surface area contributed by atoms with Gasteiger partial charge in [-0.15, -0.1) is 0 Å². The fraction of sp³-hybridized carbons (Fsp3) is 0.100. The van der Waals surface area contributed by atoms with Gasteiger partial charge in [-0.2, -0.15) is 0 Å². The third-order valence-corrected chi connectivity index (χ3v) is 2.62. The molecule has 0 unspecified atom stereocenters. The number of nitrogens with zero attached hydrogens (tertiary/aromatic N) is 2. The maximum absolute atomic E-state index is 4.19. The van der Waals surface area contributed by atoms with Crippen LogP contribution in [0.15, 0.2) is 36.7 Å². The van der Waals surface area contributed by atoms with Crippen LogP contribution in [0, 0.1) is 3.57 Å². The summed E-state index contributed by atoms with van der Waals surface area (Å²) < 4.78 is 3.23. The molecular weight excluding hydrogens is 289 g/mol. The van der Waals surface area contributed by atoms with Gasteiger partial charge in [0.25, 0.3) is 0 Å².